The highest BCUT2D eigenvalue weighted by molar-refractivity contribution is 5.75. The number of carbonyl (C=O) groups is 1. The molecule has 1 aliphatic carbocycles. The maximum absolute atomic E-state index is 12.5. The Kier molecular flexibility index (Phi) is 6.49. The van der Waals surface area contributed by atoms with Gasteiger partial charge in [-0.05, 0) is 61.8 Å². The van der Waals surface area contributed by atoms with E-state index in [1.165, 1.54) is 43.2 Å². The van der Waals surface area contributed by atoms with Crippen molar-refractivity contribution in [3.8, 4) is 16.9 Å². The molecule has 0 saturated heterocycles. The molecule has 1 saturated carbocycles. The number of benzene rings is 2. The Morgan fingerprint density at radius 2 is 1.50 bits per heavy atom. The number of ether oxygens (including phenoxy) is 1. The van der Waals surface area contributed by atoms with E-state index in [2.05, 4.69) is 38.1 Å². The fourth-order valence-corrected chi connectivity index (χ4v) is 3.84. The summed E-state index contributed by atoms with van der Waals surface area (Å²) < 4.78 is 5.64. The Bertz CT molecular complexity index is 692. The first kappa shape index (κ1) is 18.7. The number of hydrogen-bond acceptors (Lipinski definition) is 2. The molecule has 0 heterocycles. The van der Waals surface area contributed by atoms with E-state index in [1.54, 1.807) is 0 Å². The van der Waals surface area contributed by atoms with E-state index in [0.29, 0.717) is 5.75 Å². The van der Waals surface area contributed by atoms with E-state index in [-0.39, 0.29) is 11.9 Å². The molecule has 0 spiro atoms. The van der Waals surface area contributed by atoms with Crippen LogP contribution in [0.15, 0.2) is 48.5 Å². The minimum Gasteiger partial charge on any atom is -0.426 e. The second-order valence-corrected chi connectivity index (χ2v) is 7.67. The zero-order valence-electron chi connectivity index (χ0n) is 16.0. The average Bonchev–Trinajstić information content (AvgIpc) is 2.68. The van der Waals surface area contributed by atoms with Crippen LogP contribution in [0.5, 0.6) is 5.75 Å². The highest BCUT2D eigenvalue weighted by Gasteiger charge is 2.27. The average molecular weight is 351 g/mol. The van der Waals surface area contributed by atoms with Crippen LogP contribution in [0.1, 0.15) is 57.4 Å². The predicted molar refractivity (Wildman–Crippen MR) is 107 cm³/mol. The quantitative estimate of drug-likeness (QED) is 0.435. The van der Waals surface area contributed by atoms with Crippen LogP contribution in [0.2, 0.25) is 0 Å². The minimum atomic E-state index is -0.0537. The summed E-state index contributed by atoms with van der Waals surface area (Å²) in [4.78, 5) is 12.5. The molecule has 0 N–H and O–H groups in total. The zero-order chi connectivity index (χ0) is 18.4. The summed E-state index contributed by atoms with van der Waals surface area (Å²) in [6, 6.07) is 16.3. The van der Waals surface area contributed by atoms with Crippen LogP contribution < -0.4 is 4.74 Å². The summed E-state index contributed by atoms with van der Waals surface area (Å²) in [6.45, 7) is 4.33. The fourth-order valence-electron chi connectivity index (χ4n) is 3.84. The second kappa shape index (κ2) is 9.02. The molecule has 1 aliphatic rings. The largest absolute Gasteiger partial charge is 0.426 e. The fraction of sp³-hybridized carbons (Fsp3) is 0.458. The molecular formula is C24H30O2. The summed E-state index contributed by atoms with van der Waals surface area (Å²) in [7, 11) is 0. The monoisotopic (exact) mass is 350 g/mol. The predicted octanol–water partition coefficient (Wildman–Crippen LogP) is 6.56. The van der Waals surface area contributed by atoms with Crippen molar-refractivity contribution in [2.24, 2.45) is 11.8 Å². The highest BCUT2D eigenvalue weighted by atomic mass is 16.5. The van der Waals surface area contributed by atoms with Crippen LogP contribution >= 0.6 is 0 Å². The van der Waals surface area contributed by atoms with Crippen molar-refractivity contribution in [3.63, 3.8) is 0 Å². The van der Waals surface area contributed by atoms with Gasteiger partial charge in [-0.2, -0.15) is 0 Å². The van der Waals surface area contributed by atoms with Gasteiger partial charge in [0.25, 0.3) is 0 Å². The zero-order valence-corrected chi connectivity index (χ0v) is 16.0. The van der Waals surface area contributed by atoms with E-state index in [0.717, 1.165) is 24.3 Å². The van der Waals surface area contributed by atoms with E-state index in [9.17, 15) is 4.79 Å². The Morgan fingerprint density at radius 1 is 0.923 bits per heavy atom. The van der Waals surface area contributed by atoms with Crippen LogP contribution in [-0.2, 0) is 4.79 Å². The van der Waals surface area contributed by atoms with E-state index >= 15 is 0 Å². The van der Waals surface area contributed by atoms with E-state index in [4.69, 9.17) is 4.74 Å². The number of rotatable bonds is 6. The first-order valence-electron chi connectivity index (χ1n) is 10.0. The lowest BCUT2D eigenvalue weighted by molar-refractivity contribution is -0.140. The summed E-state index contributed by atoms with van der Waals surface area (Å²) in [5, 5.41) is 0. The van der Waals surface area contributed by atoms with Crippen LogP contribution in [-0.4, -0.2) is 5.97 Å². The molecule has 3 rings (SSSR count). The molecule has 2 nitrogen and oxygen atoms in total. The molecule has 0 bridgehead atoms. The number of aryl methyl sites for hydroxylation is 1. The molecule has 1 fully saturated rings. The van der Waals surface area contributed by atoms with Crippen molar-refractivity contribution in [1.29, 1.82) is 0 Å². The van der Waals surface area contributed by atoms with Gasteiger partial charge in [0.05, 0.1) is 5.92 Å². The Hall–Kier alpha value is -2.09. The minimum absolute atomic E-state index is 0.0537. The van der Waals surface area contributed by atoms with Gasteiger partial charge in [-0.1, -0.05) is 68.1 Å². The van der Waals surface area contributed by atoms with Gasteiger partial charge in [-0.15, -0.1) is 0 Å². The smallest absolute Gasteiger partial charge is 0.314 e. The maximum Gasteiger partial charge on any atom is 0.314 e. The third kappa shape index (κ3) is 4.97. The first-order chi connectivity index (χ1) is 12.7. The Labute approximate surface area is 157 Å². The molecule has 26 heavy (non-hydrogen) atoms. The van der Waals surface area contributed by atoms with Crippen LogP contribution in [0, 0.1) is 18.8 Å². The lowest BCUT2D eigenvalue weighted by Crippen LogP contribution is -2.25. The normalized spacial score (nSPS) is 19.9. The van der Waals surface area contributed by atoms with E-state index < -0.39 is 0 Å². The Balaban J connectivity index is 1.53. The third-order valence-corrected chi connectivity index (χ3v) is 5.60. The van der Waals surface area contributed by atoms with Crippen molar-refractivity contribution in [2.75, 3.05) is 0 Å². The van der Waals surface area contributed by atoms with Gasteiger partial charge >= 0.3 is 5.97 Å². The van der Waals surface area contributed by atoms with Gasteiger partial charge in [0.2, 0.25) is 0 Å². The molecule has 0 aliphatic heterocycles. The van der Waals surface area contributed by atoms with Crippen LogP contribution in [0.3, 0.4) is 0 Å². The van der Waals surface area contributed by atoms with Gasteiger partial charge in [-0.25, -0.2) is 0 Å². The summed E-state index contributed by atoms with van der Waals surface area (Å²) in [5.74, 6) is 1.48. The molecule has 138 valence electrons. The van der Waals surface area contributed by atoms with Crippen molar-refractivity contribution in [3.05, 3.63) is 54.1 Å². The van der Waals surface area contributed by atoms with Gasteiger partial charge < -0.3 is 4.74 Å². The topological polar surface area (TPSA) is 26.3 Å². The standard InChI is InChI=1S/C24H30O2/c1-3-4-5-19-8-12-22(13-9-19)24(25)26-23-16-14-21(15-17-23)20-10-6-18(2)7-11-20/h6-7,10-11,14-17,19,22H,3-5,8-9,12-13H2,1-2H3. The molecule has 2 heteroatoms. The van der Waals surface area contributed by atoms with Crippen molar-refractivity contribution in [2.45, 2.75) is 58.8 Å². The number of hydrogen-bond donors (Lipinski definition) is 0. The summed E-state index contributed by atoms with van der Waals surface area (Å²) in [6.07, 6.45) is 8.20. The van der Waals surface area contributed by atoms with Gasteiger partial charge in [-0.3, -0.25) is 4.79 Å². The molecular weight excluding hydrogens is 320 g/mol. The molecule has 0 unspecified atom stereocenters. The molecule has 0 radical (unpaired) electrons. The summed E-state index contributed by atoms with van der Waals surface area (Å²) in [5.41, 5.74) is 3.57. The number of esters is 1. The van der Waals surface area contributed by atoms with Gasteiger partial charge in [0, 0.05) is 0 Å². The molecule has 2 aromatic rings. The third-order valence-electron chi connectivity index (χ3n) is 5.60. The number of carbonyl (C=O) groups excluding carboxylic acids is 1. The van der Waals surface area contributed by atoms with Crippen LogP contribution in [0.25, 0.3) is 11.1 Å². The molecule has 0 amide bonds. The number of unbranched alkanes of at least 4 members (excludes halogenated alkanes) is 1. The van der Waals surface area contributed by atoms with Crippen molar-refractivity contribution < 1.29 is 9.53 Å². The second-order valence-electron chi connectivity index (χ2n) is 7.67. The molecule has 0 aromatic heterocycles. The van der Waals surface area contributed by atoms with Gasteiger partial charge in [0.15, 0.2) is 0 Å². The highest BCUT2D eigenvalue weighted by Crippen LogP contribution is 2.33. The van der Waals surface area contributed by atoms with E-state index in [1.807, 2.05) is 24.3 Å². The summed E-state index contributed by atoms with van der Waals surface area (Å²) >= 11 is 0. The van der Waals surface area contributed by atoms with Gasteiger partial charge in [0.1, 0.15) is 5.75 Å². The first-order valence-corrected chi connectivity index (χ1v) is 10.0. The maximum atomic E-state index is 12.5. The lowest BCUT2D eigenvalue weighted by Gasteiger charge is -2.27. The molecule has 2 aromatic carbocycles. The van der Waals surface area contributed by atoms with Crippen molar-refractivity contribution >= 4 is 5.97 Å². The Morgan fingerprint density at radius 3 is 2.08 bits per heavy atom. The molecule has 0 atom stereocenters. The van der Waals surface area contributed by atoms with Crippen molar-refractivity contribution in [1.82, 2.24) is 0 Å². The lowest BCUT2D eigenvalue weighted by atomic mass is 9.80. The van der Waals surface area contributed by atoms with Crippen LogP contribution in [0.4, 0.5) is 0 Å². The SMILES string of the molecule is CCCCC1CCC(C(=O)Oc2ccc(-c3ccc(C)cc3)cc2)CC1.